The first-order chi connectivity index (χ1) is 17.1. The highest BCUT2D eigenvalue weighted by Gasteiger charge is 2.60. The van der Waals surface area contributed by atoms with E-state index >= 15 is 0 Å². The number of carbonyl (C=O) groups excluding carboxylic acids is 3. The minimum Gasteiger partial charge on any atom is -0.374 e. The van der Waals surface area contributed by atoms with Gasteiger partial charge < -0.3 is 20.9 Å². The quantitative estimate of drug-likeness (QED) is 0.510. The van der Waals surface area contributed by atoms with Gasteiger partial charge in [0.05, 0.1) is 12.0 Å². The van der Waals surface area contributed by atoms with Gasteiger partial charge in [0.1, 0.15) is 18.1 Å². The van der Waals surface area contributed by atoms with Crippen molar-refractivity contribution in [3.8, 4) is 6.07 Å². The van der Waals surface area contributed by atoms with Crippen LogP contribution in [0, 0.1) is 23.2 Å². The molecule has 0 unspecified atom stereocenters. The van der Waals surface area contributed by atoms with Crippen molar-refractivity contribution in [3.05, 3.63) is 29.3 Å². The van der Waals surface area contributed by atoms with E-state index in [4.69, 9.17) is 11.6 Å². The van der Waals surface area contributed by atoms with Crippen LogP contribution in [0.4, 0.5) is 14.5 Å². The van der Waals surface area contributed by atoms with Gasteiger partial charge in [0.25, 0.3) is 5.92 Å². The van der Waals surface area contributed by atoms with Gasteiger partial charge in [-0.05, 0) is 57.2 Å². The molecule has 11 heteroatoms. The Morgan fingerprint density at radius 1 is 1.33 bits per heavy atom. The van der Waals surface area contributed by atoms with E-state index in [9.17, 15) is 28.4 Å². The molecule has 3 amide bonds. The Kier molecular flexibility index (Phi) is 7.69. The SMILES string of the molecule is C[C@H](Nc1cccc(Cl)c1)C(=O)N1[C@H]2CC[C@@H]([C@@H]1C(=O)N[C@@H](C#N)C[C@H]1CCCNC1=O)C(F)(F)C2. The van der Waals surface area contributed by atoms with Crippen molar-refractivity contribution < 1.29 is 23.2 Å². The van der Waals surface area contributed by atoms with Crippen LogP contribution in [-0.4, -0.2) is 59.3 Å². The third kappa shape index (κ3) is 5.41. The third-order valence-electron chi connectivity index (χ3n) is 7.43. The summed E-state index contributed by atoms with van der Waals surface area (Å²) >= 11 is 6.02. The molecule has 4 aliphatic rings. The zero-order chi connectivity index (χ0) is 26.0. The Labute approximate surface area is 213 Å². The summed E-state index contributed by atoms with van der Waals surface area (Å²) in [6, 6.07) is 4.74. The van der Waals surface area contributed by atoms with Gasteiger partial charge in [-0.25, -0.2) is 8.78 Å². The highest BCUT2D eigenvalue weighted by Crippen LogP contribution is 2.49. The molecular formula is C25H30ClF2N5O3. The molecule has 8 nitrogen and oxygen atoms in total. The van der Waals surface area contributed by atoms with Crippen molar-refractivity contribution in [2.24, 2.45) is 11.8 Å². The largest absolute Gasteiger partial charge is 0.374 e. The van der Waals surface area contributed by atoms with Gasteiger partial charge in [-0.15, -0.1) is 0 Å². The van der Waals surface area contributed by atoms with Crippen molar-refractivity contribution in [3.63, 3.8) is 0 Å². The first-order valence-electron chi connectivity index (χ1n) is 12.3. The smallest absolute Gasteiger partial charge is 0.255 e. The van der Waals surface area contributed by atoms with Crippen LogP contribution in [-0.2, 0) is 14.4 Å². The van der Waals surface area contributed by atoms with Crippen LogP contribution in [0.5, 0.6) is 0 Å². The molecule has 194 valence electrons. The van der Waals surface area contributed by atoms with Gasteiger partial charge in [0, 0.05) is 35.6 Å². The molecule has 1 aromatic rings. The van der Waals surface area contributed by atoms with Gasteiger partial charge in [-0.2, -0.15) is 5.26 Å². The number of benzene rings is 1. The van der Waals surface area contributed by atoms with Crippen LogP contribution < -0.4 is 16.0 Å². The minimum absolute atomic E-state index is 0.0892. The van der Waals surface area contributed by atoms with E-state index in [-0.39, 0.29) is 18.7 Å². The maximum Gasteiger partial charge on any atom is 0.255 e. The molecule has 1 saturated carbocycles. The molecule has 3 aliphatic heterocycles. The second-order valence-corrected chi connectivity index (χ2v) is 10.4. The first-order valence-corrected chi connectivity index (χ1v) is 12.7. The van der Waals surface area contributed by atoms with Gasteiger partial charge in [-0.1, -0.05) is 17.7 Å². The summed E-state index contributed by atoms with van der Waals surface area (Å²) in [4.78, 5) is 40.3. The topological polar surface area (TPSA) is 114 Å². The van der Waals surface area contributed by atoms with Gasteiger partial charge >= 0.3 is 0 Å². The highest BCUT2D eigenvalue weighted by molar-refractivity contribution is 6.30. The van der Waals surface area contributed by atoms with E-state index in [2.05, 4.69) is 16.0 Å². The molecule has 3 saturated heterocycles. The summed E-state index contributed by atoms with van der Waals surface area (Å²) in [5.41, 5.74) is 0.590. The van der Waals surface area contributed by atoms with E-state index in [1.165, 1.54) is 4.90 Å². The molecule has 3 heterocycles. The molecule has 2 bridgehead atoms. The summed E-state index contributed by atoms with van der Waals surface area (Å²) in [6.07, 6.45) is 1.43. The molecule has 5 rings (SSSR count). The molecule has 0 spiro atoms. The van der Waals surface area contributed by atoms with Crippen LogP contribution in [0.1, 0.15) is 45.4 Å². The van der Waals surface area contributed by atoms with Crippen molar-refractivity contribution in [1.82, 2.24) is 15.5 Å². The standard InChI is InChI=1S/C25H30ClF2N5O3/c1-14(31-17-6-2-5-16(26)11-17)24(36)33-19-7-8-20(25(27,28)12-19)21(33)23(35)32-18(13-29)10-15-4-3-9-30-22(15)34/h2,5-6,11,14-15,18-21,31H,3-4,7-10,12H2,1H3,(H,30,34)(H,32,35)/t14-,15+,18+,19-,20-,21+/m0/s1. The molecule has 36 heavy (non-hydrogen) atoms. The number of alkyl halides is 2. The van der Waals surface area contributed by atoms with Gasteiger partial charge in [-0.3, -0.25) is 14.4 Å². The Bertz CT molecular complexity index is 1060. The molecule has 1 aromatic carbocycles. The summed E-state index contributed by atoms with van der Waals surface area (Å²) in [6.45, 7) is 2.18. The maximum absolute atomic E-state index is 14.9. The Balaban J connectivity index is 1.52. The second kappa shape index (κ2) is 10.6. The monoisotopic (exact) mass is 521 g/mol. The summed E-state index contributed by atoms with van der Waals surface area (Å²) in [5, 5.41) is 18.4. The van der Waals surface area contributed by atoms with Crippen molar-refractivity contribution in [1.29, 1.82) is 5.26 Å². The highest BCUT2D eigenvalue weighted by atomic mass is 35.5. The number of rotatable bonds is 7. The molecule has 0 aromatic heterocycles. The number of halogens is 3. The number of anilines is 1. The van der Waals surface area contributed by atoms with E-state index < -0.39 is 60.2 Å². The van der Waals surface area contributed by atoms with Crippen LogP contribution in [0.15, 0.2) is 24.3 Å². The molecule has 1 aliphatic carbocycles. The Morgan fingerprint density at radius 3 is 2.78 bits per heavy atom. The lowest BCUT2D eigenvalue weighted by Gasteiger charge is -2.54. The molecular weight excluding hydrogens is 492 g/mol. The number of amides is 3. The third-order valence-corrected chi connectivity index (χ3v) is 7.66. The van der Waals surface area contributed by atoms with E-state index in [1.54, 1.807) is 31.2 Å². The number of nitrogens with one attached hydrogen (secondary N) is 3. The lowest BCUT2D eigenvalue weighted by atomic mass is 9.71. The van der Waals surface area contributed by atoms with Gasteiger partial charge in [0.2, 0.25) is 17.7 Å². The second-order valence-electron chi connectivity index (χ2n) is 9.93. The summed E-state index contributed by atoms with van der Waals surface area (Å²) < 4.78 is 29.8. The lowest BCUT2D eigenvalue weighted by molar-refractivity contribution is -0.194. The van der Waals surface area contributed by atoms with Crippen molar-refractivity contribution >= 4 is 35.0 Å². The maximum atomic E-state index is 14.9. The van der Waals surface area contributed by atoms with Gasteiger partial charge in [0.15, 0.2) is 0 Å². The first kappa shape index (κ1) is 26.1. The molecule has 6 atom stereocenters. The Morgan fingerprint density at radius 2 is 2.11 bits per heavy atom. The Hall–Kier alpha value is -2.93. The van der Waals surface area contributed by atoms with Crippen LogP contribution in [0.2, 0.25) is 5.02 Å². The number of carbonyl (C=O) groups is 3. The normalized spacial score (nSPS) is 28.4. The predicted molar refractivity (Wildman–Crippen MR) is 129 cm³/mol. The molecule has 3 N–H and O–H groups in total. The minimum atomic E-state index is -3.10. The summed E-state index contributed by atoms with van der Waals surface area (Å²) in [5.74, 6) is -6.32. The van der Waals surface area contributed by atoms with Crippen LogP contribution in [0.25, 0.3) is 0 Å². The van der Waals surface area contributed by atoms with Crippen molar-refractivity contribution in [2.75, 3.05) is 11.9 Å². The van der Waals surface area contributed by atoms with Crippen LogP contribution in [0.3, 0.4) is 0 Å². The lowest BCUT2D eigenvalue weighted by Crippen LogP contribution is -2.70. The average Bonchev–Trinajstić information content (AvgIpc) is 2.83. The zero-order valence-electron chi connectivity index (χ0n) is 20.0. The predicted octanol–water partition coefficient (Wildman–Crippen LogP) is 3.08. The number of fused-ring (bicyclic) bond motifs is 3. The number of nitrogens with zero attached hydrogens (tertiary/aromatic N) is 2. The van der Waals surface area contributed by atoms with Crippen LogP contribution >= 0.6 is 11.6 Å². The van der Waals surface area contributed by atoms with E-state index in [0.717, 1.165) is 6.42 Å². The van der Waals surface area contributed by atoms with Crippen molar-refractivity contribution in [2.45, 2.75) is 75.5 Å². The summed E-state index contributed by atoms with van der Waals surface area (Å²) in [7, 11) is 0. The fraction of sp³-hybridized carbons (Fsp3) is 0.600. The number of piperidine rings is 3. The van der Waals surface area contributed by atoms with E-state index in [0.29, 0.717) is 30.1 Å². The number of hydrogen-bond acceptors (Lipinski definition) is 5. The molecule has 0 radical (unpaired) electrons. The number of nitriles is 1. The average molecular weight is 522 g/mol. The zero-order valence-corrected chi connectivity index (χ0v) is 20.7. The fourth-order valence-corrected chi connectivity index (χ4v) is 5.87. The fourth-order valence-electron chi connectivity index (χ4n) is 5.68. The molecule has 4 fully saturated rings. The number of hydrogen-bond donors (Lipinski definition) is 3. The van der Waals surface area contributed by atoms with E-state index in [1.807, 2.05) is 6.07 Å².